The van der Waals surface area contributed by atoms with Crippen LogP contribution < -0.4 is 0 Å². The number of hydrogen-bond acceptors (Lipinski definition) is 3. The molecule has 0 spiro atoms. The third-order valence-corrected chi connectivity index (χ3v) is 10.3. The van der Waals surface area contributed by atoms with Crippen molar-refractivity contribution < 1.29 is 27.4 Å². The van der Waals surface area contributed by atoms with E-state index in [1.165, 1.54) is 0 Å². The maximum absolute atomic E-state index is 9.67. The highest BCUT2D eigenvalue weighted by molar-refractivity contribution is 6.25. The molecule has 0 radical (unpaired) electrons. The maximum Gasteiger partial charge on any atom is 0.238 e. The van der Waals surface area contributed by atoms with Gasteiger partial charge in [0.15, 0.2) is 11.6 Å². The first-order chi connectivity index (χ1) is 36.1. The average molecular weight is 733 g/mol. The molecule has 1 aliphatic rings. The lowest BCUT2D eigenvalue weighted by Gasteiger charge is -2.19. The predicted molar refractivity (Wildman–Crippen MR) is 230 cm³/mol. The second kappa shape index (κ2) is 12.0. The summed E-state index contributed by atoms with van der Waals surface area (Å²) in [5.74, 6) is -3.11. The Hall–Kier alpha value is -7.43. The molecule has 1 aliphatic carbocycles. The van der Waals surface area contributed by atoms with Crippen molar-refractivity contribution in [2.24, 2.45) is 0 Å². The van der Waals surface area contributed by atoms with E-state index in [1.54, 1.807) is 12.1 Å². The molecule has 9 aromatic carbocycles. The van der Waals surface area contributed by atoms with Crippen LogP contribution in [-0.4, -0.2) is 19.5 Å². The fourth-order valence-corrected chi connectivity index (χ4v) is 7.99. The standard InChI is InChI=1S/C52H32N4/c1-2-17-35-33(15-1)34-16-3-4-20-38(34)46-31-32(29-30-39(35)46)50-53-51(55-52(54-50)56-47-27-13-11-21-40(47)41-22-12-14-28-48(41)56)45-26-10-9-25-44(45)49-42-23-7-5-18-36(42)37-19-6-8-24-43(37)49/h1-31,49H/i5D,6D,7D,8D,9D,10D,11D,12D,13D,14D,18D,19D,21D,22D,23D,24D,25D,26D,27D,28D. The van der Waals surface area contributed by atoms with E-state index in [0.29, 0.717) is 0 Å². The van der Waals surface area contributed by atoms with Gasteiger partial charge in [0, 0.05) is 27.8 Å². The minimum absolute atomic E-state index is 0.217. The lowest BCUT2D eigenvalue weighted by atomic mass is 9.86. The van der Waals surface area contributed by atoms with E-state index >= 15 is 0 Å². The number of rotatable bonds is 4. The smallest absolute Gasteiger partial charge is 0.238 e. The molecular formula is C52H32N4. The first kappa shape index (κ1) is 17.4. The zero-order valence-electron chi connectivity index (χ0n) is 48.7. The van der Waals surface area contributed by atoms with Gasteiger partial charge in [0.05, 0.1) is 38.4 Å². The molecule has 0 saturated carbocycles. The summed E-state index contributed by atoms with van der Waals surface area (Å²) in [6.45, 7) is 0. The summed E-state index contributed by atoms with van der Waals surface area (Å²) < 4.78 is 182. The lowest BCUT2D eigenvalue weighted by Crippen LogP contribution is -2.08. The number of fused-ring (bicyclic) bond motifs is 12. The Kier molecular flexibility index (Phi) is 3.73. The Balaban J connectivity index is 1.28. The fourth-order valence-electron chi connectivity index (χ4n) is 7.99. The Morgan fingerprint density at radius 3 is 1.43 bits per heavy atom. The minimum Gasteiger partial charge on any atom is -0.278 e. The van der Waals surface area contributed by atoms with Crippen molar-refractivity contribution in [1.29, 1.82) is 0 Å². The molecule has 2 heterocycles. The molecule has 0 N–H and O–H groups in total. The van der Waals surface area contributed by atoms with Crippen LogP contribution in [0.1, 0.15) is 50.0 Å². The van der Waals surface area contributed by atoms with Gasteiger partial charge < -0.3 is 0 Å². The largest absolute Gasteiger partial charge is 0.278 e. The van der Waals surface area contributed by atoms with Crippen LogP contribution in [-0.2, 0) is 0 Å². The summed E-state index contributed by atoms with van der Waals surface area (Å²) >= 11 is 0. The van der Waals surface area contributed by atoms with Crippen LogP contribution in [0.2, 0.25) is 0 Å². The summed E-state index contributed by atoms with van der Waals surface area (Å²) in [7, 11) is 0. The van der Waals surface area contributed by atoms with Gasteiger partial charge in [-0.1, -0.05) is 169 Å². The molecule has 0 atom stereocenters. The molecule has 4 nitrogen and oxygen atoms in total. The summed E-state index contributed by atoms with van der Waals surface area (Å²) in [6.07, 6.45) is 0. The molecular weight excluding hydrogens is 681 g/mol. The summed E-state index contributed by atoms with van der Waals surface area (Å²) in [6, 6.07) is 6.18. The van der Waals surface area contributed by atoms with Crippen molar-refractivity contribution in [2.75, 3.05) is 0 Å². The first-order valence-corrected chi connectivity index (χ1v) is 17.5. The van der Waals surface area contributed by atoms with Gasteiger partial charge in [-0.3, -0.25) is 4.57 Å². The van der Waals surface area contributed by atoms with Crippen LogP contribution in [0.25, 0.3) is 94.0 Å². The number of aromatic nitrogens is 4. The van der Waals surface area contributed by atoms with Gasteiger partial charge in [0.1, 0.15) is 0 Å². The highest BCUT2D eigenvalue weighted by Crippen LogP contribution is 2.49. The van der Waals surface area contributed by atoms with Crippen LogP contribution in [0.4, 0.5) is 0 Å². The topological polar surface area (TPSA) is 43.6 Å². The second-order valence-corrected chi connectivity index (χ2v) is 13.2. The van der Waals surface area contributed by atoms with Gasteiger partial charge in [-0.25, -0.2) is 4.98 Å². The van der Waals surface area contributed by atoms with Crippen molar-refractivity contribution in [1.82, 2.24) is 19.5 Å². The van der Waals surface area contributed by atoms with Crippen molar-refractivity contribution in [3.05, 3.63) is 204 Å². The number of para-hydroxylation sites is 2. The van der Waals surface area contributed by atoms with Gasteiger partial charge in [-0.15, -0.1) is 0 Å². The molecule has 11 aromatic rings. The quantitative estimate of drug-likeness (QED) is 0.169. The van der Waals surface area contributed by atoms with E-state index in [4.69, 9.17) is 34.1 Å². The van der Waals surface area contributed by atoms with Crippen molar-refractivity contribution in [2.45, 2.75) is 5.92 Å². The molecule has 0 bridgehead atoms. The fraction of sp³-hybridized carbons (Fsp3) is 0.0192. The third kappa shape index (κ3) is 4.50. The van der Waals surface area contributed by atoms with E-state index in [9.17, 15) is 8.22 Å². The summed E-state index contributed by atoms with van der Waals surface area (Å²) in [5.41, 5.74) is -2.78. The molecule has 2 aromatic heterocycles. The van der Waals surface area contributed by atoms with Crippen molar-refractivity contribution >= 4 is 54.1 Å². The zero-order chi connectivity index (χ0) is 54.1. The summed E-state index contributed by atoms with van der Waals surface area (Å²) in [4.78, 5) is 14.6. The highest BCUT2D eigenvalue weighted by atomic mass is 15.2. The van der Waals surface area contributed by atoms with Crippen LogP contribution in [0.5, 0.6) is 0 Å². The Bertz CT molecular complexity index is 4370. The predicted octanol–water partition coefficient (Wildman–Crippen LogP) is 12.9. The molecule has 0 fully saturated rings. The zero-order valence-corrected chi connectivity index (χ0v) is 28.7. The van der Waals surface area contributed by atoms with Crippen LogP contribution in [0.15, 0.2) is 188 Å². The SMILES string of the molecule is [2H]c1c([2H])c([2H])c(C2c3c([2H])c([2H])c([2H])c([2H])c3-c3c([2H])c([2H])c([2H])c([2H])c32)c(-c2nc(-c3ccc4c5ccccc5c5ccccc5c4c3)nc(-n3c4c([2H])c([2H])c([2H])c([2H])c4c4c([2H])c([2H])c([2H])c([2H])c43)n2)c1[2H]. The molecule has 0 aliphatic heterocycles. The number of hydrogen-bond donors (Lipinski definition) is 0. The van der Waals surface area contributed by atoms with E-state index < -0.39 is 150 Å². The molecule has 0 amide bonds. The summed E-state index contributed by atoms with van der Waals surface area (Å²) in [5, 5.41) is 4.54. The van der Waals surface area contributed by atoms with Crippen LogP contribution >= 0.6 is 0 Å². The highest BCUT2D eigenvalue weighted by Gasteiger charge is 2.32. The van der Waals surface area contributed by atoms with Gasteiger partial charge in [0.2, 0.25) is 5.95 Å². The van der Waals surface area contributed by atoms with E-state index in [0.717, 1.165) is 36.9 Å². The van der Waals surface area contributed by atoms with Crippen LogP contribution in [0, 0.1) is 0 Å². The third-order valence-electron chi connectivity index (χ3n) is 10.3. The van der Waals surface area contributed by atoms with Gasteiger partial charge in [-0.2, -0.15) is 9.97 Å². The van der Waals surface area contributed by atoms with Gasteiger partial charge in [-0.05, 0) is 78.3 Å². The molecule has 4 heteroatoms. The molecule has 260 valence electrons. The van der Waals surface area contributed by atoms with Crippen molar-refractivity contribution in [3.8, 4) is 39.9 Å². The maximum atomic E-state index is 9.67. The van der Waals surface area contributed by atoms with E-state index in [-0.39, 0.29) is 55.4 Å². The van der Waals surface area contributed by atoms with Gasteiger partial charge >= 0.3 is 0 Å². The van der Waals surface area contributed by atoms with Crippen molar-refractivity contribution in [3.63, 3.8) is 0 Å². The Labute approximate surface area is 351 Å². The normalized spacial score (nSPS) is 17.6. The second-order valence-electron chi connectivity index (χ2n) is 13.2. The van der Waals surface area contributed by atoms with Gasteiger partial charge in [0.25, 0.3) is 0 Å². The average Bonchev–Trinajstić information content (AvgIpc) is 3.99. The Morgan fingerprint density at radius 1 is 0.393 bits per heavy atom. The van der Waals surface area contributed by atoms with E-state index in [1.807, 2.05) is 54.6 Å². The molecule has 0 unspecified atom stereocenters. The number of benzene rings is 9. The molecule has 0 saturated heterocycles. The number of nitrogens with zero attached hydrogens (tertiary/aromatic N) is 4. The monoisotopic (exact) mass is 732 g/mol. The Morgan fingerprint density at radius 2 is 0.839 bits per heavy atom. The molecule has 12 rings (SSSR count). The molecule has 56 heavy (non-hydrogen) atoms. The first-order valence-electron chi connectivity index (χ1n) is 27.5. The van der Waals surface area contributed by atoms with Crippen LogP contribution in [0.3, 0.4) is 0 Å². The lowest BCUT2D eigenvalue weighted by molar-refractivity contribution is 0.945. The van der Waals surface area contributed by atoms with E-state index in [2.05, 4.69) is 0 Å². The minimum atomic E-state index is -1.78.